The van der Waals surface area contributed by atoms with Crippen molar-refractivity contribution in [2.24, 2.45) is 0 Å². The van der Waals surface area contributed by atoms with E-state index in [-0.39, 0.29) is 0 Å². The van der Waals surface area contributed by atoms with Crippen molar-refractivity contribution >= 4 is 5.69 Å². The highest BCUT2D eigenvalue weighted by Gasteiger charge is 2.26. The minimum Gasteiger partial charge on any atom is -0.495 e. The summed E-state index contributed by atoms with van der Waals surface area (Å²) in [5.41, 5.74) is 2.49. The van der Waals surface area contributed by atoms with Crippen LogP contribution in [0.5, 0.6) is 5.75 Å². The summed E-state index contributed by atoms with van der Waals surface area (Å²) in [4.78, 5) is 2.46. The smallest absolute Gasteiger partial charge is 0.142 e. The predicted octanol–water partition coefficient (Wildman–Crippen LogP) is 2.19. The first-order valence-corrected chi connectivity index (χ1v) is 6.27. The van der Waals surface area contributed by atoms with E-state index >= 15 is 0 Å². The summed E-state index contributed by atoms with van der Waals surface area (Å²) >= 11 is 0. The number of benzene rings is 1. The van der Waals surface area contributed by atoms with Crippen LogP contribution in [0.4, 0.5) is 5.69 Å². The molecular weight excluding hydrogens is 212 g/mol. The second-order valence-corrected chi connectivity index (χ2v) is 4.94. The summed E-state index contributed by atoms with van der Waals surface area (Å²) in [5, 5.41) is 3.45. The van der Waals surface area contributed by atoms with Crippen molar-refractivity contribution in [3.05, 3.63) is 23.8 Å². The molecule has 0 aliphatic carbocycles. The number of anilines is 1. The second kappa shape index (κ2) is 4.96. The molecule has 2 unspecified atom stereocenters. The first kappa shape index (κ1) is 12.2. The first-order valence-electron chi connectivity index (χ1n) is 6.27. The molecule has 0 aromatic heterocycles. The van der Waals surface area contributed by atoms with Crippen LogP contribution in [0, 0.1) is 6.92 Å². The topological polar surface area (TPSA) is 24.5 Å². The highest BCUT2D eigenvalue weighted by atomic mass is 16.5. The maximum Gasteiger partial charge on any atom is 0.142 e. The molecule has 1 aliphatic rings. The highest BCUT2D eigenvalue weighted by molar-refractivity contribution is 5.61. The summed E-state index contributed by atoms with van der Waals surface area (Å²) < 4.78 is 5.49. The Balaban J connectivity index is 2.39. The van der Waals surface area contributed by atoms with Gasteiger partial charge >= 0.3 is 0 Å². The Labute approximate surface area is 104 Å². The monoisotopic (exact) mass is 234 g/mol. The third-order valence-electron chi connectivity index (χ3n) is 3.44. The van der Waals surface area contributed by atoms with Gasteiger partial charge in [0.15, 0.2) is 0 Å². The zero-order chi connectivity index (χ0) is 12.4. The van der Waals surface area contributed by atoms with Gasteiger partial charge in [0.25, 0.3) is 0 Å². The van der Waals surface area contributed by atoms with Gasteiger partial charge in [-0.15, -0.1) is 0 Å². The van der Waals surface area contributed by atoms with Gasteiger partial charge in [-0.2, -0.15) is 0 Å². The number of aryl methyl sites for hydroxylation is 1. The van der Waals surface area contributed by atoms with Crippen LogP contribution in [0.3, 0.4) is 0 Å². The molecule has 94 valence electrons. The third kappa shape index (κ3) is 2.39. The van der Waals surface area contributed by atoms with Crippen LogP contribution < -0.4 is 15.0 Å². The van der Waals surface area contributed by atoms with Crippen LogP contribution in [0.2, 0.25) is 0 Å². The molecule has 0 bridgehead atoms. The Morgan fingerprint density at radius 3 is 2.47 bits per heavy atom. The molecule has 1 saturated heterocycles. The molecule has 2 rings (SSSR count). The fraction of sp³-hybridized carbons (Fsp3) is 0.571. The van der Waals surface area contributed by atoms with Crippen molar-refractivity contribution < 1.29 is 4.74 Å². The molecule has 1 heterocycles. The maximum atomic E-state index is 5.49. The molecular formula is C14H22N2O. The number of rotatable bonds is 2. The average molecular weight is 234 g/mol. The minimum atomic E-state index is 0.495. The summed E-state index contributed by atoms with van der Waals surface area (Å²) in [6, 6.07) is 7.37. The van der Waals surface area contributed by atoms with Gasteiger partial charge in [-0.05, 0) is 38.5 Å². The van der Waals surface area contributed by atoms with E-state index in [9.17, 15) is 0 Å². The molecule has 3 heteroatoms. The van der Waals surface area contributed by atoms with Crippen LogP contribution in [0.15, 0.2) is 18.2 Å². The van der Waals surface area contributed by atoms with Crippen LogP contribution in [-0.4, -0.2) is 32.3 Å². The van der Waals surface area contributed by atoms with Crippen molar-refractivity contribution in [3.63, 3.8) is 0 Å². The molecule has 1 fully saturated rings. The Morgan fingerprint density at radius 1 is 1.24 bits per heavy atom. The van der Waals surface area contributed by atoms with E-state index in [0.29, 0.717) is 12.1 Å². The molecule has 1 aromatic carbocycles. The predicted molar refractivity (Wildman–Crippen MR) is 72.0 cm³/mol. The highest BCUT2D eigenvalue weighted by Crippen LogP contribution is 2.32. The Bertz CT molecular complexity index is 382. The lowest BCUT2D eigenvalue weighted by molar-refractivity contribution is 0.396. The maximum absolute atomic E-state index is 5.49. The van der Waals surface area contributed by atoms with E-state index in [2.05, 4.69) is 49.2 Å². The number of methoxy groups -OCH3 is 1. The molecule has 0 spiro atoms. The van der Waals surface area contributed by atoms with Gasteiger partial charge in [-0.3, -0.25) is 0 Å². The van der Waals surface area contributed by atoms with E-state index in [4.69, 9.17) is 4.74 Å². The SMILES string of the molecule is COc1ccc(C)cc1N1C(C)CNCC1C. The van der Waals surface area contributed by atoms with Gasteiger partial charge in [0.1, 0.15) is 5.75 Å². The van der Waals surface area contributed by atoms with E-state index in [1.165, 1.54) is 11.3 Å². The van der Waals surface area contributed by atoms with Crippen LogP contribution in [-0.2, 0) is 0 Å². The van der Waals surface area contributed by atoms with Gasteiger partial charge in [0, 0.05) is 25.2 Å². The largest absolute Gasteiger partial charge is 0.495 e. The number of nitrogens with zero attached hydrogens (tertiary/aromatic N) is 1. The van der Waals surface area contributed by atoms with Crippen LogP contribution in [0.25, 0.3) is 0 Å². The molecule has 0 saturated carbocycles. The Kier molecular flexibility index (Phi) is 3.57. The van der Waals surface area contributed by atoms with Gasteiger partial charge in [0.2, 0.25) is 0 Å². The third-order valence-corrected chi connectivity index (χ3v) is 3.44. The van der Waals surface area contributed by atoms with Gasteiger partial charge in [-0.1, -0.05) is 6.07 Å². The quantitative estimate of drug-likeness (QED) is 0.849. The number of piperazine rings is 1. The van der Waals surface area contributed by atoms with Gasteiger partial charge in [-0.25, -0.2) is 0 Å². The van der Waals surface area contributed by atoms with Gasteiger partial charge in [0.05, 0.1) is 12.8 Å². The zero-order valence-corrected chi connectivity index (χ0v) is 11.2. The number of hydrogen-bond donors (Lipinski definition) is 1. The fourth-order valence-electron chi connectivity index (χ4n) is 2.61. The summed E-state index contributed by atoms with van der Waals surface area (Å²) in [6.45, 7) is 8.69. The van der Waals surface area contributed by atoms with Crippen molar-refractivity contribution in [3.8, 4) is 5.75 Å². The van der Waals surface area contributed by atoms with E-state index in [1.807, 2.05) is 0 Å². The van der Waals surface area contributed by atoms with Crippen molar-refractivity contribution in [2.45, 2.75) is 32.9 Å². The van der Waals surface area contributed by atoms with Crippen molar-refractivity contribution in [2.75, 3.05) is 25.1 Å². The lowest BCUT2D eigenvalue weighted by atomic mass is 10.1. The van der Waals surface area contributed by atoms with E-state index in [1.54, 1.807) is 7.11 Å². The molecule has 1 N–H and O–H groups in total. The molecule has 0 radical (unpaired) electrons. The Hall–Kier alpha value is -1.22. The molecule has 0 amide bonds. The standard InChI is InChI=1S/C14H22N2O/c1-10-5-6-14(17-4)13(7-10)16-11(2)8-15-9-12(16)3/h5-7,11-12,15H,8-9H2,1-4H3. The lowest BCUT2D eigenvalue weighted by Gasteiger charge is -2.41. The van der Waals surface area contributed by atoms with E-state index in [0.717, 1.165) is 18.8 Å². The number of nitrogens with one attached hydrogen (secondary N) is 1. The second-order valence-electron chi connectivity index (χ2n) is 4.94. The zero-order valence-electron chi connectivity index (χ0n) is 11.2. The molecule has 17 heavy (non-hydrogen) atoms. The average Bonchev–Trinajstić information content (AvgIpc) is 2.29. The molecule has 1 aromatic rings. The van der Waals surface area contributed by atoms with Gasteiger partial charge < -0.3 is 15.0 Å². The lowest BCUT2D eigenvalue weighted by Crippen LogP contribution is -2.55. The summed E-state index contributed by atoms with van der Waals surface area (Å²) in [5.74, 6) is 0.969. The van der Waals surface area contributed by atoms with Crippen LogP contribution >= 0.6 is 0 Å². The number of ether oxygens (including phenoxy) is 1. The molecule has 2 atom stereocenters. The van der Waals surface area contributed by atoms with Crippen molar-refractivity contribution in [1.29, 1.82) is 0 Å². The summed E-state index contributed by atoms with van der Waals surface area (Å²) in [7, 11) is 1.74. The fourth-order valence-corrected chi connectivity index (χ4v) is 2.61. The Morgan fingerprint density at radius 2 is 1.88 bits per heavy atom. The van der Waals surface area contributed by atoms with E-state index < -0.39 is 0 Å². The van der Waals surface area contributed by atoms with Crippen LogP contribution in [0.1, 0.15) is 19.4 Å². The number of hydrogen-bond acceptors (Lipinski definition) is 3. The minimum absolute atomic E-state index is 0.495. The molecule has 3 nitrogen and oxygen atoms in total. The summed E-state index contributed by atoms with van der Waals surface area (Å²) in [6.07, 6.45) is 0. The van der Waals surface area contributed by atoms with Crippen molar-refractivity contribution in [1.82, 2.24) is 5.32 Å². The molecule has 1 aliphatic heterocycles. The first-order chi connectivity index (χ1) is 8.13. The normalized spacial score (nSPS) is 24.8.